The largest absolute Gasteiger partial charge is 0.337 e. The molecule has 2 heterocycles. The minimum atomic E-state index is -0.236. The molecule has 1 fully saturated rings. The van der Waals surface area contributed by atoms with Crippen molar-refractivity contribution in [3.05, 3.63) is 57.8 Å². The van der Waals surface area contributed by atoms with Gasteiger partial charge in [0.25, 0.3) is 0 Å². The Bertz CT molecular complexity index is 671. The van der Waals surface area contributed by atoms with Crippen LogP contribution in [0.15, 0.2) is 41.8 Å². The number of rotatable bonds is 2. The summed E-state index contributed by atoms with van der Waals surface area (Å²) in [5.41, 5.74) is 2.49. The first-order chi connectivity index (χ1) is 10.8. The Balaban J connectivity index is 1.64. The van der Waals surface area contributed by atoms with E-state index >= 15 is 0 Å². The van der Waals surface area contributed by atoms with Crippen molar-refractivity contribution < 1.29 is 4.79 Å². The van der Waals surface area contributed by atoms with E-state index in [1.54, 1.807) is 11.3 Å². The third-order valence-electron chi connectivity index (χ3n) is 5.28. The molecule has 0 atom stereocenters. The van der Waals surface area contributed by atoms with Gasteiger partial charge >= 0.3 is 0 Å². The van der Waals surface area contributed by atoms with E-state index < -0.39 is 0 Å². The summed E-state index contributed by atoms with van der Waals surface area (Å²) < 4.78 is 0. The van der Waals surface area contributed by atoms with E-state index in [0.29, 0.717) is 5.91 Å². The summed E-state index contributed by atoms with van der Waals surface area (Å²) in [5.74, 6) is 0.363. The van der Waals surface area contributed by atoms with Gasteiger partial charge in [-0.15, -0.1) is 11.3 Å². The average Bonchev–Trinajstić information content (AvgIpc) is 3.25. The third-order valence-corrected chi connectivity index (χ3v) is 6.35. The number of hydrogen-bond acceptors (Lipinski definition) is 2. The number of thiophene rings is 1. The molecule has 0 N–H and O–H groups in total. The standard InChI is InChI=1S/C19H21NOS/c21-18(19(10-3-4-11-19)17-8-5-13-22-17)20-12-9-15-6-1-2-7-16(15)14-20/h1-2,5-8,13H,3-4,9-12,14H2. The SMILES string of the molecule is O=C(N1CCc2ccccc2C1)C1(c2cccs2)CCCC1. The van der Waals surface area contributed by atoms with Crippen molar-refractivity contribution in [1.29, 1.82) is 0 Å². The van der Waals surface area contributed by atoms with Crippen molar-refractivity contribution in [2.45, 2.75) is 44.1 Å². The van der Waals surface area contributed by atoms with Crippen LogP contribution in [0, 0.1) is 0 Å². The van der Waals surface area contributed by atoms with Crippen LogP contribution in [0.5, 0.6) is 0 Å². The molecule has 2 aromatic rings. The van der Waals surface area contributed by atoms with Crippen LogP contribution < -0.4 is 0 Å². The van der Waals surface area contributed by atoms with Crippen molar-refractivity contribution in [2.24, 2.45) is 0 Å². The number of amides is 1. The molecule has 0 saturated heterocycles. The monoisotopic (exact) mass is 311 g/mol. The first-order valence-corrected chi connectivity index (χ1v) is 9.08. The van der Waals surface area contributed by atoms with Crippen LogP contribution in [0.4, 0.5) is 0 Å². The maximum absolute atomic E-state index is 13.4. The van der Waals surface area contributed by atoms with E-state index in [1.807, 2.05) is 0 Å². The van der Waals surface area contributed by atoms with E-state index in [1.165, 1.54) is 28.8 Å². The summed E-state index contributed by atoms with van der Waals surface area (Å²) in [6, 6.07) is 12.8. The summed E-state index contributed by atoms with van der Waals surface area (Å²) in [6.45, 7) is 1.64. The predicted octanol–water partition coefficient (Wildman–Crippen LogP) is 4.14. The van der Waals surface area contributed by atoms with Gasteiger partial charge in [0.15, 0.2) is 0 Å². The number of benzene rings is 1. The van der Waals surface area contributed by atoms with Crippen molar-refractivity contribution in [2.75, 3.05) is 6.54 Å². The molecule has 1 aliphatic carbocycles. The van der Waals surface area contributed by atoms with Gasteiger partial charge in [0, 0.05) is 18.0 Å². The second kappa shape index (κ2) is 5.54. The fourth-order valence-electron chi connectivity index (χ4n) is 4.07. The Morgan fingerprint density at radius 2 is 1.82 bits per heavy atom. The summed E-state index contributed by atoms with van der Waals surface area (Å²) >= 11 is 1.75. The molecule has 1 saturated carbocycles. The summed E-state index contributed by atoms with van der Waals surface area (Å²) in [5, 5.41) is 2.11. The molecule has 0 spiro atoms. The highest BCUT2D eigenvalue weighted by Gasteiger charge is 2.46. The van der Waals surface area contributed by atoms with Crippen molar-refractivity contribution >= 4 is 17.2 Å². The molecule has 0 radical (unpaired) electrons. The Morgan fingerprint density at radius 3 is 2.55 bits per heavy atom. The maximum atomic E-state index is 13.4. The van der Waals surface area contributed by atoms with Gasteiger partial charge in [-0.2, -0.15) is 0 Å². The van der Waals surface area contributed by atoms with Gasteiger partial charge in [0.2, 0.25) is 5.91 Å². The first-order valence-electron chi connectivity index (χ1n) is 8.20. The zero-order valence-corrected chi connectivity index (χ0v) is 13.6. The van der Waals surface area contributed by atoms with Crippen molar-refractivity contribution in [3.8, 4) is 0 Å². The maximum Gasteiger partial charge on any atom is 0.234 e. The summed E-state index contributed by atoms with van der Waals surface area (Å²) in [7, 11) is 0. The minimum Gasteiger partial charge on any atom is -0.337 e. The predicted molar refractivity (Wildman–Crippen MR) is 90.0 cm³/mol. The molecule has 2 nitrogen and oxygen atoms in total. The lowest BCUT2D eigenvalue weighted by atomic mass is 9.82. The fraction of sp³-hybridized carbons (Fsp3) is 0.421. The highest BCUT2D eigenvalue weighted by atomic mass is 32.1. The van der Waals surface area contributed by atoms with Crippen LogP contribution in [0.2, 0.25) is 0 Å². The number of carbonyl (C=O) groups excluding carboxylic acids is 1. The lowest BCUT2D eigenvalue weighted by molar-refractivity contribution is -0.138. The van der Waals surface area contributed by atoms with E-state index in [2.05, 4.69) is 46.7 Å². The minimum absolute atomic E-state index is 0.236. The van der Waals surface area contributed by atoms with Gasteiger partial charge in [-0.25, -0.2) is 0 Å². The number of nitrogens with zero attached hydrogens (tertiary/aromatic N) is 1. The second-order valence-corrected chi connectivity index (χ2v) is 7.46. The van der Waals surface area contributed by atoms with Crippen LogP contribution in [-0.2, 0) is 23.2 Å². The molecule has 1 aromatic carbocycles. The molecule has 4 rings (SSSR count). The zero-order valence-electron chi connectivity index (χ0n) is 12.8. The van der Waals surface area contributed by atoms with Crippen molar-refractivity contribution in [3.63, 3.8) is 0 Å². The van der Waals surface area contributed by atoms with Gasteiger partial charge in [0.05, 0.1) is 5.41 Å². The highest BCUT2D eigenvalue weighted by molar-refractivity contribution is 7.10. The lowest BCUT2D eigenvalue weighted by Gasteiger charge is -2.36. The molecule has 0 bridgehead atoms. The Kier molecular flexibility index (Phi) is 3.53. The van der Waals surface area contributed by atoms with Gasteiger partial charge in [0.1, 0.15) is 0 Å². The van der Waals surface area contributed by atoms with Crippen LogP contribution >= 0.6 is 11.3 Å². The normalized spacial score (nSPS) is 19.9. The molecule has 22 heavy (non-hydrogen) atoms. The smallest absolute Gasteiger partial charge is 0.234 e. The van der Waals surface area contributed by atoms with Crippen LogP contribution in [0.3, 0.4) is 0 Å². The van der Waals surface area contributed by atoms with E-state index in [4.69, 9.17) is 0 Å². The Labute approximate surface area is 135 Å². The molecular weight excluding hydrogens is 290 g/mol. The quantitative estimate of drug-likeness (QED) is 0.816. The fourth-order valence-corrected chi connectivity index (χ4v) is 5.04. The molecule has 1 amide bonds. The molecule has 114 valence electrons. The van der Waals surface area contributed by atoms with Crippen LogP contribution in [0.25, 0.3) is 0 Å². The van der Waals surface area contributed by atoms with Gasteiger partial charge in [-0.3, -0.25) is 4.79 Å². The Morgan fingerprint density at radius 1 is 1.05 bits per heavy atom. The molecular formula is C19H21NOS. The molecule has 2 aliphatic rings. The first kappa shape index (κ1) is 14.0. The van der Waals surface area contributed by atoms with E-state index in [0.717, 1.165) is 32.4 Å². The highest BCUT2D eigenvalue weighted by Crippen LogP contribution is 2.45. The van der Waals surface area contributed by atoms with Gasteiger partial charge < -0.3 is 4.90 Å². The number of hydrogen-bond donors (Lipinski definition) is 0. The topological polar surface area (TPSA) is 20.3 Å². The molecule has 0 unspecified atom stereocenters. The Hall–Kier alpha value is -1.61. The second-order valence-electron chi connectivity index (χ2n) is 6.51. The molecule has 1 aliphatic heterocycles. The van der Waals surface area contributed by atoms with Crippen molar-refractivity contribution in [1.82, 2.24) is 4.90 Å². The summed E-state index contributed by atoms with van der Waals surface area (Å²) in [4.78, 5) is 16.7. The number of carbonyl (C=O) groups is 1. The zero-order chi connectivity index (χ0) is 15.0. The van der Waals surface area contributed by atoms with Gasteiger partial charge in [-0.1, -0.05) is 43.2 Å². The molecule has 3 heteroatoms. The average molecular weight is 311 g/mol. The van der Waals surface area contributed by atoms with Crippen LogP contribution in [-0.4, -0.2) is 17.4 Å². The van der Waals surface area contributed by atoms with Crippen LogP contribution in [0.1, 0.15) is 41.7 Å². The molecule has 1 aromatic heterocycles. The van der Waals surface area contributed by atoms with Gasteiger partial charge in [-0.05, 0) is 41.8 Å². The lowest BCUT2D eigenvalue weighted by Crippen LogP contribution is -2.47. The van der Waals surface area contributed by atoms with E-state index in [-0.39, 0.29) is 5.41 Å². The third kappa shape index (κ3) is 2.19. The number of fused-ring (bicyclic) bond motifs is 1. The van der Waals surface area contributed by atoms with E-state index in [9.17, 15) is 4.79 Å². The summed E-state index contributed by atoms with van der Waals surface area (Å²) in [6.07, 6.45) is 5.37.